The Balaban J connectivity index is 1.91. The molecule has 4 rings (SSSR count). The maximum atomic E-state index is 5.64. The molecule has 0 saturated carbocycles. The number of rotatable bonds is 1. The molecule has 1 aromatic carbocycles. The highest BCUT2D eigenvalue weighted by Gasteiger charge is 2.44. The molecule has 0 bridgehead atoms. The van der Waals surface area contributed by atoms with Gasteiger partial charge in [0, 0.05) is 17.8 Å². The summed E-state index contributed by atoms with van der Waals surface area (Å²) in [5.74, 6) is 1.98. The molecule has 0 spiro atoms. The normalized spacial score (nSPS) is 24.5. The number of hydrogen-bond acceptors (Lipinski definition) is 4. The first-order valence-electron chi connectivity index (χ1n) is 6.53. The van der Waals surface area contributed by atoms with Crippen LogP contribution in [0.15, 0.2) is 52.1 Å². The van der Waals surface area contributed by atoms with Crippen LogP contribution in [0.1, 0.15) is 18.2 Å². The van der Waals surface area contributed by atoms with Crippen molar-refractivity contribution < 1.29 is 4.42 Å². The molecule has 1 aromatic heterocycles. The smallest absolute Gasteiger partial charge is 0.168 e. The number of amidine groups is 1. The van der Waals surface area contributed by atoms with E-state index in [4.69, 9.17) is 4.42 Å². The summed E-state index contributed by atoms with van der Waals surface area (Å²) in [4.78, 5) is 6.95. The van der Waals surface area contributed by atoms with Crippen LogP contribution in [0, 0.1) is 0 Å². The molecule has 0 amide bonds. The van der Waals surface area contributed by atoms with Gasteiger partial charge in [-0.3, -0.25) is 4.99 Å². The molecule has 0 aliphatic carbocycles. The van der Waals surface area contributed by atoms with Crippen LogP contribution in [-0.2, 0) is 5.66 Å². The van der Waals surface area contributed by atoms with Crippen molar-refractivity contribution in [3.05, 3.63) is 54.0 Å². The second-order valence-corrected chi connectivity index (χ2v) is 5.08. The van der Waals surface area contributed by atoms with Gasteiger partial charge in [0.1, 0.15) is 11.6 Å². The highest BCUT2D eigenvalue weighted by atomic mass is 16.3. The van der Waals surface area contributed by atoms with Crippen LogP contribution in [0.4, 0.5) is 5.69 Å². The Morgan fingerprint density at radius 3 is 3.00 bits per heavy atom. The molecule has 0 radical (unpaired) electrons. The molecule has 2 aromatic rings. The molecule has 4 nitrogen and oxygen atoms in total. The summed E-state index contributed by atoms with van der Waals surface area (Å²) in [5.41, 5.74) is 1.91. The van der Waals surface area contributed by atoms with E-state index in [9.17, 15) is 0 Å². The van der Waals surface area contributed by atoms with Gasteiger partial charge >= 0.3 is 0 Å². The Kier molecular flexibility index (Phi) is 2.04. The topological polar surface area (TPSA) is 40.8 Å². The number of aliphatic imine (C=N–C) groups is 1. The minimum absolute atomic E-state index is 0.368. The molecular weight excluding hydrogens is 238 g/mol. The summed E-state index contributed by atoms with van der Waals surface area (Å²) in [6.45, 7) is 3.89. The molecule has 2 aliphatic rings. The van der Waals surface area contributed by atoms with E-state index in [1.54, 1.807) is 6.26 Å². The van der Waals surface area contributed by atoms with Crippen molar-refractivity contribution in [3.63, 3.8) is 0 Å². The molecule has 0 fully saturated rings. The number of fused-ring (bicyclic) bond motifs is 3. The van der Waals surface area contributed by atoms with Crippen LogP contribution >= 0.6 is 0 Å². The third-order valence-corrected chi connectivity index (χ3v) is 3.93. The summed E-state index contributed by atoms with van der Waals surface area (Å²) in [7, 11) is 0. The highest BCUT2D eigenvalue weighted by molar-refractivity contribution is 6.06. The Hall–Kier alpha value is -2.23. The van der Waals surface area contributed by atoms with E-state index in [2.05, 4.69) is 40.3 Å². The first-order valence-corrected chi connectivity index (χ1v) is 6.53. The van der Waals surface area contributed by atoms with E-state index < -0.39 is 0 Å². The molecule has 1 N–H and O–H groups in total. The predicted octanol–water partition coefficient (Wildman–Crippen LogP) is 2.64. The predicted molar refractivity (Wildman–Crippen MR) is 74.2 cm³/mol. The SMILES string of the molecule is CC1(c2ccco2)Nc2ccccc2C2=NCCN21. The van der Waals surface area contributed by atoms with Crippen LogP contribution in [-0.4, -0.2) is 23.8 Å². The standard InChI is InChI=1S/C15H15N3O/c1-15(13-7-4-10-19-13)17-12-6-3-2-5-11(12)14-16-8-9-18(14)15/h2-7,10,17H,8-9H2,1H3. The molecule has 19 heavy (non-hydrogen) atoms. The van der Waals surface area contributed by atoms with E-state index in [1.807, 2.05) is 18.2 Å². The fraction of sp³-hybridized carbons (Fsp3) is 0.267. The van der Waals surface area contributed by atoms with Gasteiger partial charge in [0.15, 0.2) is 5.66 Å². The summed E-state index contributed by atoms with van der Waals surface area (Å²) < 4.78 is 5.64. The Morgan fingerprint density at radius 2 is 2.16 bits per heavy atom. The first-order chi connectivity index (χ1) is 9.29. The third-order valence-electron chi connectivity index (χ3n) is 3.93. The lowest BCUT2D eigenvalue weighted by molar-refractivity contribution is 0.202. The minimum atomic E-state index is -0.368. The zero-order valence-corrected chi connectivity index (χ0v) is 10.8. The van der Waals surface area contributed by atoms with E-state index >= 15 is 0 Å². The summed E-state index contributed by atoms with van der Waals surface area (Å²) in [6.07, 6.45) is 1.72. The van der Waals surface area contributed by atoms with Gasteiger partial charge in [-0.1, -0.05) is 12.1 Å². The maximum Gasteiger partial charge on any atom is 0.168 e. The van der Waals surface area contributed by atoms with Crippen LogP contribution in [0.5, 0.6) is 0 Å². The number of benzene rings is 1. The van der Waals surface area contributed by atoms with Gasteiger partial charge in [-0.2, -0.15) is 0 Å². The molecule has 4 heteroatoms. The van der Waals surface area contributed by atoms with Crippen LogP contribution < -0.4 is 5.32 Å². The van der Waals surface area contributed by atoms with E-state index in [0.717, 1.165) is 30.4 Å². The summed E-state index contributed by atoms with van der Waals surface area (Å²) >= 11 is 0. The number of para-hydroxylation sites is 1. The number of nitrogens with one attached hydrogen (secondary N) is 1. The van der Waals surface area contributed by atoms with Crippen LogP contribution in [0.25, 0.3) is 0 Å². The van der Waals surface area contributed by atoms with Crippen molar-refractivity contribution in [1.29, 1.82) is 0 Å². The van der Waals surface area contributed by atoms with Crippen molar-refractivity contribution in [1.82, 2.24) is 4.90 Å². The molecule has 3 heterocycles. The number of furan rings is 1. The van der Waals surface area contributed by atoms with Crippen LogP contribution in [0.2, 0.25) is 0 Å². The third kappa shape index (κ3) is 1.37. The zero-order valence-electron chi connectivity index (χ0n) is 10.8. The number of hydrogen-bond donors (Lipinski definition) is 1. The number of nitrogens with zero attached hydrogens (tertiary/aromatic N) is 2. The van der Waals surface area contributed by atoms with E-state index in [1.165, 1.54) is 5.56 Å². The van der Waals surface area contributed by atoms with Gasteiger partial charge in [0.25, 0.3) is 0 Å². The quantitative estimate of drug-likeness (QED) is 0.849. The molecule has 1 unspecified atom stereocenters. The fourth-order valence-corrected chi connectivity index (χ4v) is 2.98. The largest absolute Gasteiger partial charge is 0.465 e. The molecular formula is C15H15N3O. The molecule has 1 atom stereocenters. The van der Waals surface area contributed by atoms with E-state index in [0.29, 0.717) is 0 Å². The van der Waals surface area contributed by atoms with Gasteiger partial charge in [-0.25, -0.2) is 0 Å². The van der Waals surface area contributed by atoms with Crippen molar-refractivity contribution in [3.8, 4) is 0 Å². The average Bonchev–Trinajstić information content (AvgIpc) is 3.11. The second kappa shape index (κ2) is 3.63. The van der Waals surface area contributed by atoms with Crippen molar-refractivity contribution >= 4 is 11.5 Å². The van der Waals surface area contributed by atoms with Crippen molar-refractivity contribution in [2.45, 2.75) is 12.6 Å². The molecule has 0 saturated heterocycles. The van der Waals surface area contributed by atoms with Gasteiger partial charge in [-0.05, 0) is 31.2 Å². The fourth-order valence-electron chi connectivity index (χ4n) is 2.98. The van der Waals surface area contributed by atoms with Crippen molar-refractivity contribution in [2.75, 3.05) is 18.4 Å². The molecule has 96 valence electrons. The summed E-state index contributed by atoms with van der Waals surface area (Å²) in [6, 6.07) is 12.2. The van der Waals surface area contributed by atoms with Crippen molar-refractivity contribution in [2.24, 2.45) is 4.99 Å². The van der Waals surface area contributed by atoms with Crippen LogP contribution in [0.3, 0.4) is 0 Å². The minimum Gasteiger partial charge on any atom is -0.465 e. The lowest BCUT2D eigenvalue weighted by Crippen LogP contribution is -2.54. The lowest BCUT2D eigenvalue weighted by Gasteiger charge is -2.44. The Bertz CT molecular complexity index is 647. The van der Waals surface area contributed by atoms with E-state index in [-0.39, 0.29) is 5.66 Å². The van der Waals surface area contributed by atoms with Gasteiger partial charge in [0.2, 0.25) is 0 Å². The monoisotopic (exact) mass is 253 g/mol. The Labute approximate surface area is 111 Å². The summed E-state index contributed by atoms with van der Waals surface area (Å²) in [5, 5.41) is 3.60. The lowest BCUT2D eigenvalue weighted by atomic mass is 9.99. The molecule has 2 aliphatic heterocycles. The Morgan fingerprint density at radius 1 is 1.26 bits per heavy atom. The number of anilines is 1. The van der Waals surface area contributed by atoms with Gasteiger partial charge in [-0.15, -0.1) is 0 Å². The van der Waals surface area contributed by atoms with Gasteiger partial charge in [0.05, 0.1) is 12.8 Å². The average molecular weight is 253 g/mol. The second-order valence-electron chi connectivity index (χ2n) is 5.08. The zero-order chi connectivity index (χ0) is 12.9. The van der Waals surface area contributed by atoms with Gasteiger partial charge < -0.3 is 14.6 Å². The highest BCUT2D eigenvalue weighted by Crippen LogP contribution is 2.39. The maximum absolute atomic E-state index is 5.64. The first kappa shape index (κ1) is 10.7.